The number of rotatable bonds is 5. The van der Waals surface area contributed by atoms with Gasteiger partial charge in [0.05, 0.1) is 13.7 Å². The minimum Gasteiger partial charge on any atom is -0.497 e. The van der Waals surface area contributed by atoms with Crippen molar-refractivity contribution in [2.24, 2.45) is 0 Å². The van der Waals surface area contributed by atoms with Crippen molar-refractivity contribution in [2.75, 3.05) is 13.7 Å². The molecule has 0 saturated carbocycles. The van der Waals surface area contributed by atoms with Gasteiger partial charge >= 0.3 is 6.03 Å². The molecule has 0 radical (unpaired) electrons. The Morgan fingerprint density at radius 2 is 1.64 bits per heavy atom. The average molecular weight is 462 g/mol. The van der Waals surface area contributed by atoms with Crippen LogP contribution in [0.1, 0.15) is 21.5 Å². The molecular formula is C25H20ClN3O4. The lowest BCUT2D eigenvalue weighted by Gasteiger charge is -2.31. The topological polar surface area (TPSA) is 87.7 Å². The van der Waals surface area contributed by atoms with Gasteiger partial charge in [-0.3, -0.25) is 14.9 Å². The van der Waals surface area contributed by atoms with E-state index in [2.05, 4.69) is 10.6 Å². The van der Waals surface area contributed by atoms with E-state index in [9.17, 15) is 14.4 Å². The number of amides is 4. The van der Waals surface area contributed by atoms with Crippen LogP contribution in [0, 0.1) is 0 Å². The molecule has 0 spiro atoms. The summed E-state index contributed by atoms with van der Waals surface area (Å²) in [5, 5.41) is 5.73. The van der Waals surface area contributed by atoms with Gasteiger partial charge in [0.1, 0.15) is 5.75 Å². The first-order valence-electron chi connectivity index (χ1n) is 10.4. The number of ether oxygens (including phenoxy) is 1. The number of carbonyl (C=O) groups is 3. The van der Waals surface area contributed by atoms with E-state index in [1.165, 1.54) is 0 Å². The van der Waals surface area contributed by atoms with Crippen LogP contribution in [0.15, 0.2) is 66.7 Å². The monoisotopic (exact) mass is 461 g/mol. The van der Waals surface area contributed by atoms with E-state index in [0.717, 1.165) is 16.7 Å². The first-order valence-corrected chi connectivity index (χ1v) is 10.7. The van der Waals surface area contributed by atoms with Crippen molar-refractivity contribution in [1.29, 1.82) is 0 Å². The molecule has 166 valence electrons. The van der Waals surface area contributed by atoms with Crippen LogP contribution in [0.4, 0.5) is 4.79 Å². The van der Waals surface area contributed by atoms with Gasteiger partial charge in [-0.1, -0.05) is 54.1 Å². The zero-order valence-electron chi connectivity index (χ0n) is 17.7. The van der Waals surface area contributed by atoms with Gasteiger partial charge in [0.15, 0.2) is 5.54 Å². The van der Waals surface area contributed by atoms with E-state index in [1.807, 2.05) is 42.5 Å². The fourth-order valence-electron chi connectivity index (χ4n) is 4.37. The van der Waals surface area contributed by atoms with Crippen LogP contribution in [0.25, 0.3) is 11.1 Å². The number of halogens is 1. The molecule has 2 heterocycles. The van der Waals surface area contributed by atoms with Crippen molar-refractivity contribution in [3.8, 4) is 16.9 Å². The Hall–Kier alpha value is -3.84. The van der Waals surface area contributed by atoms with Crippen LogP contribution < -0.4 is 15.4 Å². The van der Waals surface area contributed by atoms with Gasteiger partial charge in [0.25, 0.3) is 11.8 Å². The summed E-state index contributed by atoms with van der Waals surface area (Å²) in [5.41, 5.74) is 2.49. The lowest BCUT2D eigenvalue weighted by Crippen LogP contribution is -2.52. The summed E-state index contributed by atoms with van der Waals surface area (Å²) < 4.78 is 5.23. The van der Waals surface area contributed by atoms with Crippen LogP contribution in [-0.4, -0.2) is 36.4 Å². The smallest absolute Gasteiger partial charge is 0.322 e. The van der Waals surface area contributed by atoms with E-state index in [1.54, 1.807) is 36.3 Å². The molecule has 4 amide bonds. The van der Waals surface area contributed by atoms with Crippen LogP contribution in [-0.2, 0) is 16.9 Å². The maximum atomic E-state index is 13.1. The van der Waals surface area contributed by atoms with E-state index >= 15 is 0 Å². The van der Waals surface area contributed by atoms with E-state index in [4.69, 9.17) is 16.3 Å². The quantitative estimate of drug-likeness (QED) is 0.567. The summed E-state index contributed by atoms with van der Waals surface area (Å²) in [5.74, 6) is -0.119. The molecule has 1 atom stereocenters. The minimum atomic E-state index is -1.39. The first-order chi connectivity index (χ1) is 15.9. The van der Waals surface area contributed by atoms with Gasteiger partial charge in [-0.2, -0.15) is 0 Å². The molecule has 1 fully saturated rings. The minimum absolute atomic E-state index is 0.000688. The van der Waals surface area contributed by atoms with Crippen molar-refractivity contribution in [1.82, 2.24) is 15.5 Å². The van der Waals surface area contributed by atoms with Gasteiger partial charge in [0, 0.05) is 17.1 Å². The maximum Gasteiger partial charge on any atom is 0.322 e. The highest BCUT2D eigenvalue weighted by Crippen LogP contribution is 2.33. The van der Waals surface area contributed by atoms with Gasteiger partial charge in [-0.15, -0.1) is 0 Å². The third-order valence-electron chi connectivity index (χ3n) is 6.12. The molecule has 33 heavy (non-hydrogen) atoms. The summed E-state index contributed by atoms with van der Waals surface area (Å²) in [6.45, 7) is 0.340. The van der Waals surface area contributed by atoms with E-state index < -0.39 is 17.5 Å². The van der Waals surface area contributed by atoms with Gasteiger partial charge < -0.3 is 15.0 Å². The molecule has 5 rings (SSSR count). The Morgan fingerprint density at radius 1 is 0.970 bits per heavy atom. The summed E-state index contributed by atoms with van der Waals surface area (Å²) in [4.78, 5) is 39.8. The molecule has 7 nitrogen and oxygen atoms in total. The molecule has 3 aromatic rings. The predicted octanol–water partition coefficient (Wildman–Crippen LogP) is 3.71. The number of methoxy groups -OCH3 is 1. The Morgan fingerprint density at radius 3 is 2.24 bits per heavy atom. The number of urea groups is 1. The average Bonchev–Trinajstić information content (AvgIpc) is 3.29. The normalized spacial score (nSPS) is 19.3. The number of fused-ring (bicyclic) bond motifs is 1. The van der Waals surface area contributed by atoms with Gasteiger partial charge in [-0.05, 0) is 46.5 Å². The van der Waals surface area contributed by atoms with Crippen molar-refractivity contribution >= 4 is 29.4 Å². The zero-order valence-corrected chi connectivity index (χ0v) is 18.5. The Balaban J connectivity index is 1.47. The Bertz CT molecular complexity index is 1270. The van der Waals surface area contributed by atoms with Gasteiger partial charge in [-0.25, -0.2) is 4.79 Å². The fourth-order valence-corrected chi connectivity index (χ4v) is 4.49. The highest BCUT2D eigenvalue weighted by Gasteiger charge is 2.50. The fraction of sp³-hybridized carbons (Fsp3) is 0.160. The predicted molar refractivity (Wildman–Crippen MR) is 123 cm³/mol. The summed E-state index contributed by atoms with van der Waals surface area (Å²) >= 11 is 5.98. The molecule has 2 N–H and O–H groups in total. The lowest BCUT2D eigenvalue weighted by molar-refractivity contribution is -0.124. The Labute approximate surface area is 195 Å². The number of benzene rings is 3. The van der Waals surface area contributed by atoms with Crippen molar-refractivity contribution in [3.63, 3.8) is 0 Å². The number of hydrogen-bond donors (Lipinski definition) is 2. The van der Waals surface area contributed by atoms with Crippen molar-refractivity contribution in [2.45, 2.75) is 12.1 Å². The second kappa shape index (κ2) is 7.94. The molecule has 0 aliphatic carbocycles. The number of imide groups is 1. The summed E-state index contributed by atoms with van der Waals surface area (Å²) in [7, 11) is 1.54. The molecule has 1 saturated heterocycles. The van der Waals surface area contributed by atoms with Crippen molar-refractivity contribution < 1.29 is 19.1 Å². The lowest BCUT2D eigenvalue weighted by atomic mass is 9.88. The molecular weight excluding hydrogens is 442 g/mol. The van der Waals surface area contributed by atoms with Crippen LogP contribution in [0.3, 0.4) is 0 Å². The van der Waals surface area contributed by atoms with Crippen LogP contribution in [0.5, 0.6) is 5.75 Å². The van der Waals surface area contributed by atoms with Gasteiger partial charge in [0.2, 0.25) is 0 Å². The van der Waals surface area contributed by atoms with E-state index in [0.29, 0.717) is 28.4 Å². The maximum absolute atomic E-state index is 13.1. The second-order valence-corrected chi connectivity index (χ2v) is 8.52. The van der Waals surface area contributed by atoms with Crippen LogP contribution in [0.2, 0.25) is 5.02 Å². The molecule has 2 aliphatic heterocycles. The zero-order chi connectivity index (χ0) is 23.2. The Kier molecular flexibility index (Phi) is 5.06. The largest absolute Gasteiger partial charge is 0.497 e. The summed E-state index contributed by atoms with van der Waals surface area (Å²) in [6.07, 6.45) is 0. The van der Waals surface area contributed by atoms with Crippen molar-refractivity contribution in [3.05, 3.63) is 88.4 Å². The van der Waals surface area contributed by atoms with E-state index in [-0.39, 0.29) is 12.5 Å². The number of nitrogens with zero attached hydrogens (tertiary/aromatic N) is 1. The number of nitrogens with one attached hydrogen (secondary N) is 2. The molecule has 3 aromatic carbocycles. The standard InChI is InChI=1S/C25H20ClN3O4/c1-33-20-11-6-17-13-29(22(30)21(17)12-20)14-25(23(31)27-24(32)28-25)18-7-2-15(3-8-18)16-4-9-19(26)10-5-16/h2-12H,13-14H2,1H3,(H2,27,28,31,32)/t25-/m0/s1. The SMILES string of the molecule is COc1ccc2c(c1)C(=O)N(C[C@@]1(c3ccc(-c4ccc(Cl)cc4)cc3)NC(=O)NC1=O)C2. The third-order valence-corrected chi connectivity index (χ3v) is 6.37. The molecule has 0 bridgehead atoms. The molecule has 0 aromatic heterocycles. The third kappa shape index (κ3) is 3.60. The molecule has 8 heteroatoms. The highest BCUT2D eigenvalue weighted by molar-refractivity contribution is 6.30. The molecule has 2 aliphatic rings. The molecule has 0 unspecified atom stereocenters. The number of hydrogen-bond acceptors (Lipinski definition) is 4. The summed E-state index contributed by atoms with van der Waals surface area (Å²) in [6, 6.07) is 19.5. The van der Waals surface area contributed by atoms with Crippen LogP contribution >= 0.6 is 11.6 Å². The number of carbonyl (C=O) groups excluding carboxylic acids is 3. The second-order valence-electron chi connectivity index (χ2n) is 8.08. The highest BCUT2D eigenvalue weighted by atomic mass is 35.5. The first kappa shape index (κ1) is 21.0.